The van der Waals surface area contributed by atoms with E-state index in [1.54, 1.807) is 0 Å². The van der Waals surface area contributed by atoms with Gasteiger partial charge in [-0.2, -0.15) is 0 Å². The van der Waals surface area contributed by atoms with E-state index in [2.05, 4.69) is 31.9 Å². The maximum absolute atomic E-state index is 6.18. The monoisotopic (exact) mass is 349 g/mol. The Kier molecular flexibility index (Phi) is 4.38. The molecule has 5 heteroatoms. The molecule has 1 fully saturated rings. The third-order valence-electron chi connectivity index (χ3n) is 2.56. The summed E-state index contributed by atoms with van der Waals surface area (Å²) < 4.78 is 13.0. The molecule has 0 radical (unpaired) electrons. The first-order valence-corrected chi connectivity index (χ1v) is 6.67. The molecule has 2 N–H and O–H groups in total. The molecule has 1 aromatic carbocycles. The number of rotatable bonds is 2. The summed E-state index contributed by atoms with van der Waals surface area (Å²) in [5.74, 6) is 0. The van der Waals surface area contributed by atoms with Crippen LogP contribution in [-0.2, 0) is 9.47 Å². The van der Waals surface area contributed by atoms with E-state index in [1.165, 1.54) is 0 Å². The van der Waals surface area contributed by atoms with Crippen molar-refractivity contribution in [3.63, 3.8) is 0 Å². The third-order valence-corrected chi connectivity index (χ3v) is 3.77. The number of nitrogens with two attached hydrogens (primary N) is 1. The van der Waals surface area contributed by atoms with Gasteiger partial charge >= 0.3 is 0 Å². The fourth-order valence-electron chi connectivity index (χ4n) is 1.68. The van der Waals surface area contributed by atoms with E-state index < -0.39 is 0 Å². The second-order valence-corrected chi connectivity index (χ2v) is 5.45. The standard InChI is InChI=1S/C11H13Br2NO2/c12-7-1-2-9(13)8(5-7)11(14)10-6-15-3-4-16-10/h1-2,5,10-11H,3-4,6,14H2. The van der Waals surface area contributed by atoms with Gasteiger partial charge in [0.05, 0.1) is 25.9 Å². The lowest BCUT2D eigenvalue weighted by Gasteiger charge is -2.28. The Morgan fingerprint density at radius 3 is 2.81 bits per heavy atom. The quantitative estimate of drug-likeness (QED) is 0.891. The van der Waals surface area contributed by atoms with Crippen LogP contribution in [0.4, 0.5) is 0 Å². The molecular weight excluding hydrogens is 338 g/mol. The van der Waals surface area contributed by atoms with E-state index in [4.69, 9.17) is 15.2 Å². The first kappa shape index (κ1) is 12.5. The van der Waals surface area contributed by atoms with E-state index in [1.807, 2.05) is 18.2 Å². The van der Waals surface area contributed by atoms with Crippen molar-refractivity contribution in [1.29, 1.82) is 0 Å². The Bertz CT molecular complexity index is 367. The molecule has 1 saturated heterocycles. The van der Waals surface area contributed by atoms with Crippen molar-refractivity contribution >= 4 is 31.9 Å². The van der Waals surface area contributed by atoms with Crippen molar-refractivity contribution in [3.8, 4) is 0 Å². The Morgan fingerprint density at radius 2 is 2.12 bits per heavy atom. The predicted molar refractivity (Wildman–Crippen MR) is 69.3 cm³/mol. The summed E-state index contributed by atoms with van der Waals surface area (Å²) in [7, 11) is 0. The lowest BCUT2D eigenvalue weighted by atomic mass is 10.0. The molecule has 1 aliphatic heterocycles. The first-order valence-electron chi connectivity index (χ1n) is 5.08. The molecular formula is C11H13Br2NO2. The SMILES string of the molecule is NC(c1cc(Br)ccc1Br)C1COCCO1. The average Bonchev–Trinajstić information content (AvgIpc) is 2.32. The first-order chi connectivity index (χ1) is 7.68. The van der Waals surface area contributed by atoms with Crippen LogP contribution in [0.5, 0.6) is 0 Å². The van der Waals surface area contributed by atoms with Gasteiger partial charge in [-0.1, -0.05) is 31.9 Å². The molecule has 2 atom stereocenters. The smallest absolute Gasteiger partial charge is 0.100 e. The minimum absolute atomic E-state index is 0.0700. The van der Waals surface area contributed by atoms with Crippen molar-refractivity contribution in [2.75, 3.05) is 19.8 Å². The lowest BCUT2D eigenvalue weighted by molar-refractivity contribution is -0.0976. The van der Waals surface area contributed by atoms with E-state index in [9.17, 15) is 0 Å². The minimum atomic E-state index is -0.174. The Hall–Kier alpha value is 0.0600. The van der Waals surface area contributed by atoms with Gasteiger partial charge in [-0.05, 0) is 23.8 Å². The molecule has 16 heavy (non-hydrogen) atoms. The third kappa shape index (κ3) is 2.84. The summed E-state index contributed by atoms with van der Waals surface area (Å²) in [6, 6.07) is 5.78. The number of halogens is 2. The highest BCUT2D eigenvalue weighted by Gasteiger charge is 2.24. The molecule has 0 bridgehead atoms. The normalized spacial score (nSPS) is 23.1. The maximum atomic E-state index is 6.18. The number of hydrogen-bond donors (Lipinski definition) is 1. The second kappa shape index (κ2) is 5.60. The Labute approximate surface area is 112 Å². The van der Waals surface area contributed by atoms with Crippen LogP contribution < -0.4 is 5.73 Å². The van der Waals surface area contributed by atoms with Gasteiger partial charge in [-0.25, -0.2) is 0 Å². The van der Waals surface area contributed by atoms with Crippen molar-refractivity contribution in [2.24, 2.45) is 5.73 Å². The van der Waals surface area contributed by atoms with Crippen LogP contribution >= 0.6 is 31.9 Å². The topological polar surface area (TPSA) is 44.5 Å². The second-order valence-electron chi connectivity index (χ2n) is 3.68. The van der Waals surface area contributed by atoms with Crippen LogP contribution in [0.15, 0.2) is 27.1 Å². The van der Waals surface area contributed by atoms with Crippen LogP contribution in [0.1, 0.15) is 11.6 Å². The van der Waals surface area contributed by atoms with Gasteiger partial charge < -0.3 is 15.2 Å². The summed E-state index contributed by atoms with van der Waals surface area (Å²) in [4.78, 5) is 0. The van der Waals surface area contributed by atoms with Gasteiger partial charge in [0.25, 0.3) is 0 Å². The van der Waals surface area contributed by atoms with Gasteiger partial charge in [0.2, 0.25) is 0 Å². The highest BCUT2D eigenvalue weighted by molar-refractivity contribution is 9.11. The molecule has 0 aromatic heterocycles. The zero-order chi connectivity index (χ0) is 11.5. The summed E-state index contributed by atoms with van der Waals surface area (Å²) in [5, 5.41) is 0. The van der Waals surface area contributed by atoms with E-state index in [0.29, 0.717) is 19.8 Å². The lowest BCUT2D eigenvalue weighted by Crippen LogP contribution is -2.37. The number of benzene rings is 1. The summed E-state index contributed by atoms with van der Waals surface area (Å²) in [6.07, 6.45) is -0.0700. The average molecular weight is 351 g/mol. The van der Waals surface area contributed by atoms with E-state index in [0.717, 1.165) is 14.5 Å². The molecule has 0 spiro atoms. The molecule has 88 valence electrons. The molecule has 0 aliphatic carbocycles. The predicted octanol–water partition coefficient (Wildman–Crippen LogP) is 2.63. The van der Waals surface area contributed by atoms with E-state index in [-0.39, 0.29) is 12.1 Å². The van der Waals surface area contributed by atoms with Crippen LogP contribution in [-0.4, -0.2) is 25.9 Å². The zero-order valence-corrected chi connectivity index (χ0v) is 11.8. The summed E-state index contributed by atoms with van der Waals surface area (Å²) in [6.45, 7) is 1.83. The zero-order valence-electron chi connectivity index (χ0n) is 8.66. The van der Waals surface area contributed by atoms with Crippen molar-refractivity contribution in [1.82, 2.24) is 0 Å². The number of hydrogen-bond acceptors (Lipinski definition) is 3. The van der Waals surface area contributed by atoms with Gasteiger partial charge in [-0.15, -0.1) is 0 Å². The van der Waals surface area contributed by atoms with Crippen molar-refractivity contribution in [2.45, 2.75) is 12.1 Å². The summed E-state index contributed by atoms with van der Waals surface area (Å²) >= 11 is 6.94. The molecule has 2 unspecified atom stereocenters. The van der Waals surface area contributed by atoms with Gasteiger partial charge in [-0.3, -0.25) is 0 Å². The van der Waals surface area contributed by atoms with E-state index >= 15 is 0 Å². The molecule has 0 saturated carbocycles. The highest BCUT2D eigenvalue weighted by Crippen LogP contribution is 2.29. The fourth-order valence-corrected chi connectivity index (χ4v) is 2.57. The largest absolute Gasteiger partial charge is 0.376 e. The molecule has 1 aliphatic rings. The maximum Gasteiger partial charge on any atom is 0.100 e. The molecule has 1 heterocycles. The van der Waals surface area contributed by atoms with Crippen LogP contribution in [0, 0.1) is 0 Å². The van der Waals surface area contributed by atoms with Gasteiger partial charge in [0.15, 0.2) is 0 Å². The highest BCUT2D eigenvalue weighted by atomic mass is 79.9. The van der Waals surface area contributed by atoms with Gasteiger partial charge in [0.1, 0.15) is 6.10 Å². The molecule has 3 nitrogen and oxygen atoms in total. The van der Waals surface area contributed by atoms with Crippen LogP contribution in [0.25, 0.3) is 0 Å². The van der Waals surface area contributed by atoms with Crippen molar-refractivity contribution in [3.05, 3.63) is 32.7 Å². The molecule has 0 amide bonds. The Morgan fingerprint density at radius 1 is 1.31 bits per heavy atom. The molecule has 1 aromatic rings. The van der Waals surface area contributed by atoms with Crippen LogP contribution in [0.3, 0.4) is 0 Å². The van der Waals surface area contributed by atoms with Crippen molar-refractivity contribution < 1.29 is 9.47 Å². The Balaban J connectivity index is 2.18. The van der Waals surface area contributed by atoms with Crippen LogP contribution in [0.2, 0.25) is 0 Å². The fraction of sp³-hybridized carbons (Fsp3) is 0.455. The minimum Gasteiger partial charge on any atom is -0.376 e. The molecule has 2 rings (SSSR count). The van der Waals surface area contributed by atoms with Gasteiger partial charge in [0, 0.05) is 8.95 Å². The summed E-state index contributed by atoms with van der Waals surface area (Å²) in [5.41, 5.74) is 7.22. The number of ether oxygens (including phenoxy) is 2.